The van der Waals surface area contributed by atoms with Crippen LogP contribution in [0, 0.1) is 11.3 Å². The molecule has 22 heavy (non-hydrogen) atoms. The maximum absolute atomic E-state index is 10.9. The van der Waals surface area contributed by atoms with Gasteiger partial charge >= 0.3 is 5.97 Å². The topological polar surface area (TPSA) is 66.8 Å². The van der Waals surface area contributed by atoms with E-state index in [4.69, 9.17) is 9.84 Å². The lowest BCUT2D eigenvalue weighted by Crippen LogP contribution is -2.13. The number of carbonyl (C=O) groups is 1. The Morgan fingerprint density at radius 2 is 1.86 bits per heavy atom. The van der Waals surface area contributed by atoms with Gasteiger partial charge in [-0.25, -0.2) is 4.79 Å². The van der Waals surface area contributed by atoms with E-state index in [1.807, 2.05) is 13.8 Å². The Morgan fingerprint density at radius 3 is 2.36 bits per heavy atom. The van der Waals surface area contributed by atoms with Crippen LogP contribution in [0.5, 0.6) is 11.5 Å². The maximum Gasteiger partial charge on any atom is 0.339 e. The van der Waals surface area contributed by atoms with Crippen molar-refractivity contribution in [2.24, 2.45) is 11.3 Å². The summed E-state index contributed by atoms with van der Waals surface area (Å²) in [6.45, 7) is 13.4. The first-order chi connectivity index (χ1) is 10.2. The first-order valence-electron chi connectivity index (χ1n) is 7.88. The predicted octanol–water partition coefficient (Wildman–Crippen LogP) is 4.96. The van der Waals surface area contributed by atoms with E-state index in [0.717, 1.165) is 12.8 Å². The van der Waals surface area contributed by atoms with Gasteiger partial charge in [-0.2, -0.15) is 0 Å². The van der Waals surface area contributed by atoms with Crippen molar-refractivity contribution in [3.05, 3.63) is 23.8 Å². The van der Waals surface area contributed by atoms with Crippen LogP contribution in [-0.4, -0.2) is 22.8 Å². The number of carboxylic acid groups (broad SMARTS) is 1. The SMILES string of the molecule is CC.CC(CCOc1ccc(O)c(C(=O)O)c1)CC(C)(C)C. The van der Waals surface area contributed by atoms with Crippen molar-refractivity contribution in [2.45, 2.75) is 54.4 Å². The van der Waals surface area contributed by atoms with Crippen molar-refractivity contribution in [1.29, 1.82) is 0 Å². The normalized spacial score (nSPS) is 12.1. The summed E-state index contributed by atoms with van der Waals surface area (Å²) >= 11 is 0. The Morgan fingerprint density at radius 1 is 1.27 bits per heavy atom. The molecule has 1 aromatic carbocycles. The van der Waals surface area contributed by atoms with E-state index in [0.29, 0.717) is 23.7 Å². The molecule has 0 aromatic heterocycles. The molecular formula is C18H30O4. The third kappa shape index (κ3) is 7.91. The van der Waals surface area contributed by atoms with Crippen LogP contribution in [0.1, 0.15) is 64.7 Å². The molecule has 1 rings (SSSR count). The molecule has 0 aliphatic rings. The number of rotatable bonds is 6. The number of aromatic hydroxyl groups is 1. The van der Waals surface area contributed by atoms with Crippen molar-refractivity contribution in [3.63, 3.8) is 0 Å². The van der Waals surface area contributed by atoms with Gasteiger partial charge in [-0.1, -0.05) is 41.5 Å². The van der Waals surface area contributed by atoms with Gasteiger partial charge < -0.3 is 14.9 Å². The third-order valence-electron chi connectivity index (χ3n) is 3.04. The average molecular weight is 310 g/mol. The maximum atomic E-state index is 10.9. The summed E-state index contributed by atoms with van der Waals surface area (Å²) in [5.74, 6) is -0.380. The number of hydrogen-bond donors (Lipinski definition) is 2. The van der Waals surface area contributed by atoms with Gasteiger partial charge in [-0.05, 0) is 42.4 Å². The molecular weight excluding hydrogens is 280 g/mol. The number of carboxylic acids is 1. The Hall–Kier alpha value is -1.71. The van der Waals surface area contributed by atoms with Gasteiger partial charge in [0.05, 0.1) is 6.61 Å². The van der Waals surface area contributed by atoms with Crippen molar-refractivity contribution >= 4 is 5.97 Å². The van der Waals surface area contributed by atoms with Crippen molar-refractivity contribution < 1.29 is 19.7 Å². The lowest BCUT2D eigenvalue weighted by Gasteiger charge is -2.23. The van der Waals surface area contributed by atoms with Crippen LogP contribution in [0.15, 0.2) is 18.2 Å². The Labute approximate surface area is 134 Å². The van der Waals surface area contributed by atoms with E-state index in [2.05, 4.69) is 27.7 Å². The monoisotopic (exact) mass is 310 g/mol. The molecule has 4 heteroatoms. The lowest BCUT2D eigenvalue weighted by atomic mass is 9.84. The van der Waals surface area contributed by atoms with Crippen LogP contribution >= 0.6 is 0 Å². The molecule has 0 aliphatic heterocycles. The molecule has 0 bridgehead atoms. The number of phenols is 1. The quantitative estimate of drug-likeness (QED) is 0.779. The number of ether oxygens (including phenoxy) is 1. The number of aromatic carboxylic acids is 1. The van der Waals surface area contributed by atoms with Crippen molar-refractivity contribution in [2.75, 3.05) is 6.61 Å². The zero-order valence-corrected chi connectivity index (χ0v) is 14.6. The minimum Gasteiger partial charge on any atom is -0.507 e. The Balaban J connectivity index is 0.00000211. The smallest absolute Gasteiger partial charge is 0.339 e. The molecule has 0 aliphatic carbocycles. The predicted molar refractivity (Wildman–Crippen MR) is 89.8 cm³/mol. The molecule has 0 amide bonds. The standard InChI is InChI=1S/C16H24O4.C2H6/c1-11(10-16(2,3)4)7-8-20-12-5-6-14(17)13(9-12)15(18)19;1-2/h5-6,9,11,17H,7-8,10H2,1-4H3,(H,18,19);1-2H3. The summed E-state index contributed by atoms with van der Waals surface area (Å²) < 4.78 is 5.56. The van der Waals surface area contributed by atoms with Crippen LogP contribution < -0.4 is 4.74 Å². The fourth-order valence-electron chi connectivity index (χ4n) is 2.30. The molecule has 126 valence electrons. The molecule has 0 saturated heterocycles. The Bertz CT molecular complexity index is 461. The van der Waals surface area contributed by atoms with Crippen LogP contribution in [0.4, 0.5) is 0 Å². The van der Waals surface area contributed by atoms with Gasteiger partial charge in [0.15, 0.2) is 0 Å². The third-order valence-corrected chi connectivity index (χ3v) is 3.04. The second-order valence-corrected chi connectivity index (χ2v) is 6.49. The van der Waals surface area contributed by atoms with Crippen molar-refractivity contribution in [3.8, 4) is 11.5 Å². The van der Waals surface area contributed by atoms with Crippen LogP contribution in [0.2, 0.25) is 0 Å². The zero-order valence-electron chi connectivity index (χ0n) is 14.6. The number of benzene rings is 1. The van der Waals surface area contributed by atoms with Crippen molar-refractivity contribution in [1.82, 2.24) is 0 Å². The summed E-state index contributed by atoms with van der Waals surface area (Å²) in [4.78, 5) is 10.9. The van der Waals surface area contributed by atoms with Gasteiger partial charge in [-0.3, -0.25) is 0 Å². The largest absolute Gasteiger partial charge is 0.507 e. The average Bonchev–Trinajstić information content (AvgIpc) is 2.40. The summed E-state index contributed by atoms with van der Waals surface area (Å²) in [6.07, 6.45) is 2.03. The number of hydrogen-bond acceptors (Lipinski definition) is 3. The van der Waals surface area contributed by atoms with E-state index < -0.39 is 5.97 Å². The molecule has 0 radical (unpaired) electrons. The summed E-state index contributed by atoms with van der Waals surface area (Å²) in [7, 11) is 0. The van der Waals surface area contributed by atoms with E-state index in [9.17, 15) is 9.90 Å². The minimum absolute atomic E-state index is 0.134. The highest BCUT2D eigenvalue weighted by molar-refractivity contribution is 5.91. The minimum atomic E-state index is -1.16. The molecule has 0 heterocycles. The molecule has 2 N–H and O–H groups in total. The fourth-order valence-corrected chi connectivity index (χ4v) is 2.30. The molecule has 0 spiro atoms. The highest BCUT2D eigenvalue weighted by Crippen LogP contribution is 2.27. The molecule has 1 unspecified atom stereocenters. The molecule has 0 fully saturated rings. The van der Waals surface area contributed by atoms with Crippen LogP contribution in [0.3, 0.4) is 0 Å². The van der Waals surface area contributed by atoms with E-state index in [1.54, 1.807) is 6.07 Å². The van der Waals surface area contributed by atoms with E-state index >= 15 is 0 Å². The highest BCUT2D eigenvalue weighted by atomic mass is 16.5. The van der Waals surface area contributed by atoms with Gasteiger partial charge in [-0.15, -0.1) is 0 Å². The highest BCUT2D eigenvalue weighted by Gasteiger charge is 2.15. The molecule has 1 atom stereocenters. The molecule has 1 aromatic rings. The first kappa shape index (κ1) is 20.3. The van der Waals surface area contributed by atoms with Crippen LogP contribution in [0.25, 0.3) is 0 Å². The summed E-state index contributed by atoms with van der Waals surface area (Å²) in [5.41, 5.74) is 0.166. The van der Waals surface area contributed by atoms with E-state index in [1.165, 1.54) is 12.1 Å². The molecule has 0 saturated carbocycles. The molecule has 4 nitrogen and oxygen atoms in total. The van der Waals surface area contributed by atoms with E-state index in [-0.39, 0.29) is 11.3 Å². The van der Waals surface area contributed by atoms with Gasteiger partial charge in [0, 0.05) is 0 Å². The van der Waals surface area contributed by atoms with Crippen LogP contribution in [-0.2, 0) is 0 Å². The summed E-state index contributed by atoms with van der Waals surface area (Å²) in [6, 6.07) is 4.28. The second kappa shape index (κ2) is 9.34. The first-order valence-corrected chi connectivity index (χ1v) is 7.88. The summed E-state index contributed by atoms with van der Waals surface area (Å²) in [5, 5.41) is 18.3. The second-order valence-electron chi connectivity index (χ2n) is 6.49. The zero-order chi connectivity index (χ0) is 17.3. The van der Waals surface area contributed by atoms with Gasteiger partial charge in [0.25, 0.3) is 0 Å². The van der Waals surface area contributed by atoms with Gasteiger partial charge in [0.1, 0.15) is 17.1 Å². The fraction of sp³-hybridized carbons (Fsp3) is 0.611. The lowest BCUT2D eigenvalue weighted by molar-refractivity contribution is 0.0693. The van der Waals surface area contributed by atoms with Gasteiger partial charge in [0.2, 0.25) is 0 Å². The Kier molecular flexibility index (Phi) is 8.61.